The van der Waals surface area contributed by atoms with Crippen LogP contribution in [0.4, 0.5) is 0 Å². The molecule has 0 aliphatic rings. The van der Waals surface area contributed by atoms with Crippen molar-refractivity contribution in [3.8, 4) is 0 Å². The van der Waals surface area contributed by atoms with Gasteiger partial charge in [-0.1, -0.05) is 186 Å². The number of rotatable bonds is 41. The minimum Gasteiger partial charge on any atom is -0.387 e. The van der Waals surface area contributed by atoms with Crippen LogP contribution < -0.4 is 11.1 Å². The molecule has 3 unspecified atom stereocenters. The number of nitrogens with two attached hydrogens (primary N) is 1. The molecule has 3 atom stereocenters. The predicted molar refractivity (Wildman–Crippen MR) is 221 cm³/mol. The summed E-state index contributed by atoms with van der Waals surface area (Å²) in [5, 5.41) is 13.7. The van der Waals surface area contributed by atoms with E-state index < -0.39 is 20.0 Å². The molecular formula is C43H85N2O6P. The molecule has 0 rings (SSSR count). The van der Waals surface area contributed by atoms with E-state index in [4.69, 9.17) is 14.8 Å². The maximum atomic E-state index is 12.8. The molecule has 0 saturated carbocycles. The second-order valence-corrected chi connectivity index (χ2v) is 16.4. The van der Waals surface area contributed by atoms with Crippen LogP contribution in [0.25, 0.3) is 0 Å². The topological polar surface area (TPSA) is 131 Å². The zero-order valence-electron chi connectivity index (χ0n) is 34.1. The lowest BCUT2D eigenvalue weighted by Crippen LogP contribution is -2.45. The number of nitrogens with one attached hydrogen (secondary N) is 1. The molecule has 0 radical (unpaired) electrons. The van der Waals surface area contributed by atoms with Crippen LogP contribution in [0.15, 0.2) is 24.3 Å². The molecule has 0 fully saturated rings. The van der Waals surface area contributed by atoms with Crippen LogP contribution in [0.2, 0.25) is 0 Å². The number of phosphoric ester groups is 1. The standard InChI is InChI=1S/C43H85N2O6P/c1-3-5-7-9-11-13-15-17-19-20-21-22-23-25-27-29-31-33-35-37-43(47)45-41(40-51-52(48,49)50-39-38-44)42(46)36-34-32-30-28-26-24-18-16-14-12-10-8-6-4-2/h17,19,34,36,41-42,46H,3-16,18,20-33,35,37-40,44H2,1-2H3,(H,45,47)(H,48,49)/b19-17-,36-34+. The monoisotopic (exact) mass is 757 g/mol. The average molecular weight is 757 g/mol. The molecule has 1 amide bonds. The fourth-order valence-corrected chi connectivity index (χ4v) is 7.18. The van der Waals surface area contributed by atoms with E-state index in [1.54, 1.807) is 6.08 Å². The Bertz CT molecular complexity index is 871. The maximum absolute atomic E-state index is 12.8. The number of phosphoric acid groups is 1. The van der Waals surface area contributed by atoms with Crippen LogP contribution in [0.1, 0.15) is 213 Å². The first-order valence-electron chi connectivity index (χ1n) is 22.0. The zero-order chi connectivity index (χ0) is 38.2. The molecular weight excluding hydrogens is 671 g/mol. The third kappa shape index (κ3) is 37.3. The fourth-order valence-electron chi connectivity index (χ4n) is 6.42. The molecule has 0 saturated heterocycles. The lowest BCUT2D eigenvalue weighted by atomic mass is 10.0. The Morgan fingerprint density at radius 1 is 0.615 bits per heavy atom. The second-order valence-electron chi connectivity index (χ2n) is 14.9. The summed E-state index contributed by atoms with van der Waals surface area (Å²) in [6.45, 7) is 4.14. The highest BCUT2D eigenvalue weighted by Gasteiger charge is 2.26. The summed E-state index contributed by atoms with van der Waals surface area (Å²) in [6.07, 6.45) is 45.1. The number of aliphatic hydroxyl groups excluding tert-OH is 1. The number of hydrogen-bond acceptors (Lipinski definition) is 6. The van der Waals surface area contributed by atoms with Crippen molar-refractivity contribution in [1.29, 1.82) is 0 Å². The van der Waals surface area contributed by atoms with Gasteiger partial charge in [-0.3, -0.25) is 13.8 Å². The number of allylic oxidation sites excluding steroid dienone is 3. The van der Waals surface area contributed by atoms with Gasteiger partial charge in [0.15, 0.2) is 0 Å². The van der Waals surface area contributed by atoms with Crippen molar-refractivity contribution in [3.05, 3.63) is 24.3 Å². The first kappa shape index (κ1) is 51.0. The number of unbranched alkanes of at least 4 members (excludes halogenated alkanes) is 27. The van der Waals surface area contributed by atoms with Crippen LogP contribution in [0.5, 0.6) is 0 Å². The summed E-state index contributed by atoms with van der Waals surface area (Å²) in [5.74, 6) is -0.196. The molecule has 308 valence electrons. The lowest BCUT2D eigenvalue weighted by Gasteiger charge is -2.23. The molecule has 9 heteroatoms. The van der Waals surface area contributed by atoms with Gasteiger partial charge in [-0.15, -0.1) is 0 Å². The largest absolute Gasteiger partial charge is 0.472 e. The summed E-state index contributed by atoms with van der Waals surface area (Å²) in [4.78, 5) is 22.7. The van der Waals surface area contributed by atoms with Crippen LogP contribution in [0.3, 0.4) is 0 Å². The number of hydrogen-bond donors (Lipinski definition) is 4. The van der Waals surface area contributed by atoms with E-state index in [0.717, 1.165) is 38.5 Å². The summed E-state index contributed by atoms with van der Waals surface area (Å²) in [5.41, 5.74) is 5.37. The van der Waals surface area contributed by atoms with Gasteiger partial charge < -0.3 is 21.1 Å². The van der Waals surface area contributed by atoms with Gasteiger partial charge >= 0.3 is 7.82 Å². The summed E-state index contributed by atoms with van der Waals surface area (Å²) in [6, 6.07) is -0.858. The van der Waals surface area contributed by atoms with Crippen molar-refractivity contribution >= 4 is 13.7 Å². The van der Waals surface area contributed by atoms with E-state index in [-0.39, 0.29) is 25.7 Å². The highest BCUT2D eigenvalue weighted by molar-refractivity contribution is 7.47. The first-order chi connectivity index (χ1) is 25.4. The van der Waals surface area contributed by atoms with Crippen molar-refractivity contribution in [3.63, 3.8) is 0 Å². The molecule has 0 aliphatic heterocycles. The Morgan fingerprint density at radius 3 is 1.42 bits per heavy atom. The molecule has 0 aliphatic carbocycles. The number of amides is 1. The van der Waals surface area contributed by atoms with Crippen molar-refractivity contribution in [2.75, 3.05) is 19.8 Å². The third-order valence-electron chi connectivity index (χ3n) is 9.77. The van der Waals surface area contributed by atoms with Crippen molar-refractivity contribution in [2.45, 2.75) is 225 Å². The quantitative estimate of drug-likeness (QED) is 0.0277. The van der Waals surface area contributed by atoms with Crippen LogP contribution in [0, 0.1) is 0 Å². The molecule has 0 aromatic heterocycles. The van der Waals surface area contributed by atoms with Crippen molar-refractivity contribution < 1.29 is 28.4 Å². The Kier molecular flexibility index (Phi) is 38.9. The van der Waals surface area contributed by atoms with Crippen molar-refractivity contribution in [2.24, 2.45) is 5.73 Å². The number of aliphatic hydroxyl groups is 1. The molecule has 0 aromatic carbocycles. The van der Waals surface area contributed by atoms with Gasteiger partial charge in [0.2, 0.25) is 5.91 Å². The van der Waals surface area contributed by atoms with Crippen molar-refractivity contribution in [1.82, 2.24) is 5.32 Å². The van der Waals surface area contributed by atoms with Gasteiger partial charge in [0.05, 0.1) is 25.4 Å². The van der Waals surface area contributed by atoms with Crippen LogP contribution in [-0.2, 0) is 18.4 Å². The van der Waals surface area contributed by atoms with E-state index in [1.165, 1.54) is 154 Å². The maximum Gasteiger partial charge on any atom is 0.472 e. The Hall–Kier alpha value is -1.02. The highest BCUT2D eigenvalue weighted by atomic mass is 31.2. The van der Waals surface area contributed by atoms with Crippen LogP contribution >= 0.6 is 7.82 Å². The highest BCUT2D eigenvalue weighted by Crippen LogP contribution is 2.43. The fraction of sp³-hybridized carbons (Fsp3) is 0.884. The van der Waals surface area contributed by atoms with E-state index in [2.05, 4.69) is 31.3 Å². The minimum atomic E-state index is -4.33. The van der Waals surface area contributed by atoms with Gasteiger partial charge in [-0.25, -0.2) is 4.57 Å². The van der Waals surface area contributed by atoms with Crippen LogP contribution in [-0.4, -0.2) is 47.8 Å². The molecule has 0 heterocycles. The summed E-state index contributed by atoms with van der Waals surface area (Å²) >= 11 is 0. The van der Waals surface area contributed by atoms with Gasteiger partial charge in [0, 0.05) is 13.0 Å². The normalized spacial score (nSPS) is 14.3. The lowest BCUT2D eigenvalue weighted by molar-refractivity contribution is -0.123. The molecule has 0 bridgehead atoms. The van der Waals surface area contributed by atoms with E-state index >= 15 is 0 Å². The average Bonchev–Trinajstić information content (AvgIpc) is 3.13. The Labute approximate surface area is 321 Å². The summed E-state index contributed by atoms with van der Waals surface area (Å²) < 4.78 is 22.1. The Morgan fingerprint density at radius 2 is 1.00 bits per heavy atom. The van der Waals surface area contributed by atoms with E-state index in [9.17, 15) is 19.4 Å². The predicted octanol–water partition coefficient (Wildman–Crippen LogP) is 12.2. The molecule has 52 heavy (non-hydrogen) atoms. The van der Waals surface area contributed by atoms with E-state index in [1.807, 2.05) is 6.08 Å². The molecule has 5 N–H and O–H groups in total. The smallest absolute Gasteiger partial charge is 0.387 e. The van der Waals surface area contributed by atoms with Gasteiger partial charge in [-0.05, 0) is 44.9 Å². The number of carbonyl (C=O) groups is 1. The van der Waals surface area contributed by atoms with Gasteiger partial charge in [0.25, 0.3) is 0 Å². The molecule has 0 spiro atoms. The first-order valence-corrected chi connectivity index (χ1v) is 23.5. The molecule has 8 nitrogen and oxygen atoms in total. The number of carbonyl (C=O) groups excluding carboxylic acids is 1. The van der Waals surface area contributed by atoms with Gasteiger partial charge in [-0.2, -0.15) is 0 Å². The summed E-state index contributed by atoms with van der Waals surface area (Å²) in [7, 11) is -4.33. The minimum absolute atomic E-state index is 0.0792. The molecule has 0 aromatic rings. The second kappa shape index (κ2) is 39.7. The Balaban J connectivity index is 4.18. The SMILES string of the molecule is CCCCCCCC/C=C\CCCCCCCCCCCC(=O)NC(COP(=O)(O)OCCN)C(O)/C=C/CCCCCCCCCCCCCC. The van der Waals surface area contributed by atoms with E-state index in [0.29, 0.717) is 6.42 Å². The zero-order valence-corrected chi connectivity index (χ0v) is 35.0. The third-order valence-corrected chi connectivity index (χ3v) is 10.8. The van der Waals surface area contributed by atoms with Gasteiger partial charge in [0.1, 0.15) is 0 Å².